The molecule has 132 valence electrons. The average molecular weight is 380 g/mol. The molecule has 3 rings (SSSR count). The molecule has 0 spiro atoms. The van der Waals surface area contributed by atoms with Crippen LogP contribution in [-0.4, -0.2) is 31.6 Å². The highest BCUT2D eigenvalue weighted by molar-refractivity contribution is 7.89. The SMILES string of the molecule is COc1ccc2c(c1)nc(CCNS(=O)(=O)c1ccccc1Cl)n2C. The summed E-state index contributed by atoms with van der Waals surface area (Å²) in [6.07, 6.45) is 0.456. The molecule has 0 radical (unpaired) electrons. The number of rotatable bonds is 6. The number of halogens is 1. The molecular formula is C17H18ClN3O3S. The molecular weight excluding hydrogens is 362 g/mol. The van der Waals surface area contributed by atoms with Crippen molar-refractivity contribution in [2.24, 2.45) is 7.05 Å². The Balaban J connectivity index is 1.75. The highest BCUT2D eigenvalue weighted by atomic mass is 35.5. The molecule has 0 aliphatic heterocycles. The monoisotopic (exact) mass is 379 g/mol. The average Bonchev–Trinajstić information content (AvgIpc) is 2.90. The maximum atomic E-state index is 12.3. The van der Waals surface area contributed by atoms with Gasteiger partial charge in [-0.1, -0.05) is 23.7 Å². The summed E-state index contributed by atoms with van der Waals surface area (Å²) in [5.74, 6) is 1.52. The van der Waals surface area contributed by atoms with Crippen LogP contribution in [0.5, 0.6) is 5.75 Å². The summed E-state index contributed by atoms with van der Waals surface area (Å²) >= 11 is 5.96. The number of hydrogen-bond acceptors (Lipinski definition) is 4. The van der Waals surface area contributed by atoms with Crippen LogP contribution in [0.2, 0.25) is 5.02 Å². The lowest BCUT2D eigenvalue weighted by molar-refractivity contribution is 0.415. The van der Waals surface area contributed by atoms with Gasteiger partial charge >= 0.3 is 0 Å². The van der Waals surface area contributed by atoms with Crippen molar-refractivity contribution in [3.63, 3.8) is 0 Å². The first kappa shape index (κ1) is 17.7. The highest BCUT2D eigenvalue weighted by Crippen LogP contribution is 2.22. The Morgan fingerprint density at radius 3 is 2.72 bits per heavy atom. The van der Waals surface area contributed by atoms with Crippen molar-refractivity contribution < 1.29 is 13.2 Å². The largest absolute Gasteiger partial charge is 0.497 e. The van der Waals surface area contributed by atoms with Crippen molar-refractivity contribution in [2.45, 2.75) is 11.3 Å². The van der Waals surface area contributed by atoms with E-state index in [9.17, 15) is 8.42 Å². The summed E-state index contributed by atoms with van der Waals surface area (Å²) in [4.78, 5) is 4.63. The van der Waals surface area contributed by atoms with E-state index in [2.05, 4.69) is 9.71 Å². The number of imidazole rings is 1. The van der Waals surface area contributed by atoms with Gasteiger partial charge in [0.15, 0.2) is 0 Å². The normalized spacial score (nSPS) is 11.8. The first-order valence-corrected chi connectivity index (χ1v) is 9.52. The fourth-order valence-corrected chi connectivity index (χ4v) is 4.17. The fraction of sp³-hybridized carbons (Fsp3) is 0.235. The number of benzene rings is 2. The Hall–Kier alpha value is -2.09. The summed E-state index contributed by atoms with van der Waals surface area (Å²) in [6.45, 7) is 0.224. The zero-order valence-electron chi connectivity index (χ0n) is 13.9. The molecule has 0 atom stereocenters. The zero-order chi connectivity index (χ0) is 18.0. The Labute approximate surface area is 151 Å². The van der Waals surface area contributed by atoms with Gasteiger partial charge in [0.2, 0.25) is 10.0 Å². The third kappa shape index (κ3) is 3.63. The lowest BCUT2D eigenvalue weighted by Crippen LogP contribution is -2.26. The number of nitrogens with zero attached hydrogens (tertiary/aromatic N) is 2. The number of hydrogen-bond donors (Lipinski definition) is 1. The van der Waals surface area contributed by atoms with Crippen LogP contribution in [0.4, 0.5) is 0 Å². The lowest BCUT2D eigenvalue weighted by atomic mass is 10.3. The van der Waals surface area contributed by atoms with Crippen LogP contribution >= 0.6 is 11.6 Å². The summed E-state index contributed by atoms with van der Waals surface area (Å²) in [7, 11) is -0.146. The van der Waals surface area contributed by atoms with Crippen molar-refractivity contribution in [3.05, 3.63) is 53.3 Å². The van der Waals surface area contributed by atoms with Gasteiger partial charge in [-0.05, 0) is 24.3 Å². The van der Waals surface area contributed by atoms with Gasteiger partial charge in [0.1, 0.15) is 16.5 Å². The molecule has 0 fully saturated rings. The molecule has 0 bridgehead atoms. The predicted octanol–water partition coefficient (Wildman–Crippen LogP) is 2.76. The van der Waals surface area contributed by atoms with E-state index in [-0.39, 0.29) is 16.5 Å². The Morgan fingerprint density at radius 2 is 2.00 bits per heavy atom. The van der Waals surface area contributed by atoms with E-state index in [0.29, 0.717) is 6.42 Å². The van der Waals surface area contributed by atoms with E-state index in [4.69, 9.17) is 16.3 Å². The number of nitrogens with one attached hydrogen (secondary N) is 1. The molecule has 6 nitrogen and oxygen atoms in total. The van der Waals surface area contributed by atoms with Gasteiger partial charge in [0.05, 0.1) is 23.2 Å². The highest BCUT2D eigenvalue weighted by Gasteiger charge is 2.17. The molecule has 0 aliphatic rings. The fourth-order valence-electron chi connectivity index (χ4n) is 2.62. The quantitative estimate of drug-likeness (QED) is 0.714. The minimum Gasteiger partial charge on any atom is -0.497 e. The van der Waals surface area contributed by atoms with E-state index >= 15 is 0 Å². The third-order valence-corrected chi connectivity index (χ3v) is 5.91. The van der Waals surface area contributed by atoms with Crippen molar-refractivity contribution >= 4 is 32.7 Å². The number of methoxy groups -OCH3 is 1. The van der Waals surface area contributed by atoms with Crippen LogP contribution < -0.4 is 9.46 Å². The number of sulfonamides is 1. The van der Waals surface area contributed by atoms with Gasteiger partial charge in [-0.3, -0.25) is 0 Å². The van der Waals surface area contributed by atoms with Gasteiger partial charge in [-0.25, -0.2) is 18.1 Å². The van der Waals surface area contributed by atoms with Gasteiger partial charge in [-0.15, -0.1) is 0 Å². The molecule has 0 aliphatic carbocycles. The summed E-state index contributed by atoms with van der Waals surface area (Å²) in [5, 5.41) is 0.199. The van der Waals surface area contributed by atoms with Crippen LogP contribution in [0.15, 0.2) is 47.4 Å². The van der Waals surface area contributed by atoms with Gasteiger partial charge < -0.3 is 9.30 Å². The first-order chi connectivity index (χ1) is 11.9. The summed E-state index contributed by atoms with van der Waals surface area (Å²) in [6, 6.07) is 12.0. The van der Waals surface area contributed by atoms with Crippen LogP contribution in [-0.2, 0) is 23.5 Å². The molecule has 3 aromatic rings. The first-order valence-electron chi connectivity index (χ1n) is 7.66. The molecule has 25 heavy (non-hydrogen) atoms. The summed E-state index contributed by atoms with van der Waals surface area (Å²) < 4.78 is 34.4. The minimum atomic E-state index is -3.65. The van der Waals surface area contributed by atoms with E-state index in [1.54, 1.807) is 25.3 Å². The maximum absolute atomic E-state index is 12.3. The number of fused-ring (bicyclic) bond motifs is 1. The van der Waals surface area contributed by atoms with Crippen molar-refractivity contribution in [1.82, 2.24) is 14.3 Å². The topological polar surface area (TPSA) is 73.2 Å². The van der Waals surface area contributed by atoms with E-state index in [1.807, 2.05) is 29.8 Å². The molecule has 0 saturated carbocycles. The number of aromatic nitrogens is 2. The molecule has 0 amide bonds. The molecule has 1 aromatic heterocycles. The number of aryl methyl sites for hydroxylation is 1. The standard InChI is InChI=1S/C17H18ClN3O3S/c1-21-15-8-7-12(24-2)11-14(15)20-17(21)9-10-19-25(22,23)16-6-4-3-5-13(16)18/h3-8,11,19H,9-10H2,1-2H3. The minimum absolute atomic E-state index is 0.0754. The molecule has 1 heterocycles. The Kier molecular flexibility index (Phi) is 4.99. The van der Waals surface area contributed by atoms with E-state index in [0.717, 1.165) is 22.6 Å². The second kappa shape index (κ2) is 7.03. The second-order valence-corrected chi connectivity index (χ2v) is 7.66. The number of ether oxygens (including phenoxy) is 1. The molecule has 8 heteroatoms. The van der Waals surface area contributed by atoms with Crippen LogP contribution in [0.25, 0.3) is 11.0 Å². The van der Waals surface area contributed by atoms with Gasteiger partial charge in [0, 0.05) is 26.1 Å². The van der Waals surface area contributed by atoms with Crippen LogP contribution in [0, 0.1) is 0 Å². The third-order valence-electron chi connectivity index (χ3n) is 3.95. The van der Waals surface area contributed by atoms with Gasteiger partial charge in [0.25, 0.3) is 0 Å². The molecule has 0 unspecified atom stereocenters. The van der Waals surface area contributed by atoms with Crippen molar-refractivity contribution in [1.29, 1.82) is 0 Å². The Bertz CT molecular complexity index is 1020. The Morgan fingerprint density at radius 1 is 1.24 bits per heavy atom. The molecule has 1 N–H and O–H groups in total. The van der Waals surface area contributed by atoms with Crippen molar-refractivity contribution in [2.75, 3.05) is 13.7 Å². The second-order valence-electron chi connectivity index (χ2n) is 5.52. The predicted molar refractivity (Wildman–Crippen MR) is 97.6 cm³/mol. The van der Waals surface area contributed by atoms with Crippen LogP contribution in [0.1, 0.15) is 5.82 Å². The maximum Gasteiger partial charge on any atom is 0.242 e. The van der Waals surface area contributed by atoms with Crippen LogP contribution in [0.3, 0.4) is 0 Å². The van der Waals surface area contributed by atoms with Gasteiger partial charge in [-0.2, -0.15) is 0 Å². The summed E-state index contributed by atoms with van der Waals surface area (Å²) in [5.41, 5.74) is 1.77. The zero-order valence-corrected chi connectivity index (χ0v) is 15.4. The molecule has 0 saturated heterocycles. The smallest absolute Gasteiger partial charge is 0.242 e. The lowest BCUT2D eigenvalue weighted by Gasteiger charge is -2.08. The molecule has 2 aromatic carbocycles. The van der Waals surface area contributed by atoms with Crippen molar-refractivity contribution in [3.8, 4) is 5.75 Å². The van der Waals surface area contributed by atoms with E-state index < -0.39 is 10.0 Å². The van der Waals surface area contributed by atoms with E-state index in [1.165, 1.54) is 6.07 Å².